The first kappa shape index (κ1) is 17.8. The average molecular weight is 422 g/mol. The van der Waals surface area contributed by atoms with Crippen LogP contribution in [0, 0.1) is 6.92 Å². The van der Waals surface area contributed by atoms with Crippen LogP contribution in [0.2, 0.25) is 0 Å². The van der Waals surface area contributed by atoms with Gasteiger partial charge in [-0.2, -0.15) is 5.10 Å². The first-order chi connectivity index (χ1) is 14.1. The number of H-pyrrole nitrogens is 1. The number of aromatic amines is 1. The molecule has 9 heteroatoms. The van der Waals surface area contributed by atoms with Crippen LogP contribution < -0.4 is 5.56 Å². The van der Waals surface area contributed by atoms with Gasteiger partial charge < -0.3 is 9.72 Å². The lowest BCUT2D eigenvalue weighted by Gasteiger charge is -2.03. The fraction of sp³-hybridized carbons (Fsp3) is 0.100. The maximum atomic E-state index is 12.6. The third kappa shape index (κ3) is 3.14. The third-order valence-electron chi connectivity index (χ3n) is 4.45. The van der Waals surface area contributed by atoms with Gasteiger partial charge in [-0.05, 0) is 36.6 Å². The maximum Gasteiger partial charge on any atom is 0.348 e. The summed E-state index contributed by atoms with van der Waals surface area (Å²) >= 11 is 2.65. The van der Waals surface area contributed by atoms with Crippen LogP contribution in [0.5, 0.6) is 0 Å². The zero-order chi connectivity index (χ0) is 20.0. The second kappa shape index (κ2) is 6.94. The van der Waals surface area contributed by atoms with Gasteiger partial charge in [-0.25, -0.2) is 14.5 Å². The van der Waals surface area contributed by atoms with Gasteiger partial charge in [0.15, 0.2) is 0 Å². The molecule has 4 aromatic heterocycles. The minimum atomic E-state index is -0.460. The van der Waals surface area contributed by atoms with Crippen molar-refractivity contribution in [3.63, 3.8) is 0 Å². The first-order valence-electron chi connectivity index (χ1n) is 8.78. The molecule has 1 aromatic carbocycles. The van der Waals surface area contributed by atoms with E-state index in [1.807, 2.05) is 41.9 Å². The highest BCUT2D eigenvalue weighted by molar-refractivity contribution is 7.20. The Kier molecular flexibility index (Phi) is 4.26. The number of aromatic nitrogens is 4. The Morgan fingerprint density at radius 2 is 2.07 bits per heavy atom. The summed E-state index contributed by atoms with van der Waals surface area (Å²) in [4.78, 5) is 33.0. The van der Waals surface area contributed by atoms with Crippen molar-refractivity contribution in [2.24, 2.45) is 0 Å². The van der Waals surface area contributed by atoms with E-state index < -0.39 is 5.97 Å². The van der Waals surface area contributed by atoms with Crippen molar-refractivity contribution < 1.29 is 9.53 Å². The molecule has 0 fully saturated rings. The normalized spacial score (nSPS) is 11.3. The number of rotatable bonds is 4. The number of hydrogen-bond acceptors (Lipinski definition) is 7. The van der Waals surface area contributed by atoms with Crippen molar-refractivity contribution in [3.05, 3.63) is 74.6 Å². The van der Waals surface area contributed by atoms with Crippen molar-refractivity contribution in [3.8, 4) is 5.69 Å². The van der Waals surface area contributed by atoms with Gasteiger partial charge in [0.05, 0.1) is 16.9 Å². The molecule has 7 nitrogen and oxygen atoms in total. The van der Waals surface area contributed by atoms with E-state index in [0.717, 1.165) is 21.6 Å². The summed E-state index contributed by atoms with van der Waals surface area (Å²) in [5.74, 6) is -0.139. The number of nitrogens with one attached hydrogen (secondary N) is 1. The number of carbonyl (C=O) groups is 1. The summed E-state index contributed by atoms with van der Waals surface area (Å²) < 4.78 is 7.78. The monoisotopic (exact) mass is 422 g/mol. The number of fused-ring (bicyclic) bond motifs is 2. The number of benzene rings is 1. The zero-order valence-corrected chi connectivity index (χ0v) is 16.8. The van der Waals surface area contributed by atoms with E-state index in [-0.39, 0.29) is 12.2 Å². The Bertz CT molecular complexity index is 1410. The Balaban J connectivity index is 1.41. The Morgan fingerprint density at radius 3 is 2.90 bits per heavy atom. The molecule has 0 aliphatic carbocycles. The van der Waals surface area contributed by atoms with E-state index >= 15 is 0 Å². The van der Waals surface area contributed by atoms with Gasteiger partial charge in [0.1, 0.15) is 26.8 Å². The fourth-order valence-corrected chi connectivity index (χ4v) is 4.89. The molecule has 5 rings (SSSR count). The molecular weight excluding hydrogens is 408 g/mol. The third-order valence-corrected chi connectivity index (χ3v) is 6.44. The molecule has 5 aromatic rings. The quantitative estimate of drug-likeness (QED) is 0.441. The smallest absolute Gasteiger partial charge is 0.348 e. The number of carbonyl (C=O) groups excluding carboxylic acids is 1. The lowest BCUT2D eigenvalue weighted by molar-refractivity contribution is 0.0468. The minimum absolute atomic E-state index is 0.0993. The lowest BCUT2D eigenvalue weighted by Crippen LogP contribution is -2.13. The Labute approximate surface area is 172 Å². The highest BCUT2D eigenvalue weighted by Crippen LogP contribution is 2.30. The number of nitrogens with zero attached hydrogens (tertiary/aromatic N) is 3. The van der Waals surface area contributed by atoms with Gasteiger partial charge in [0, 0.05) is 5.39 Å². The maximum absolute atomic E-state index is 12.6. The van der Waals surface area contributed by atoms with Gasteiger partial charge in [-0.3, -0.25) is 4.79 Å². The second-order valence-corrected chi connectivity index (χ2v) is 8.33. The van der Waals surface area contributed by atoms with Crippen molar-refractivity contribution in [2.75, 3.05) is 0 Å². The minimum Gasteiger partial charge on any atom is -0.453 e. The number of para-hydroxylation sites is 1. The lowest BCUT2D eigenvalue weighted by atomic mass is 10.3. The van der Waals surface area contributed by atoms with Crippen molar-refractivity contribution in [1.29, 1.82) is 0 Å². The van der Waals surface area contributed by atoms with Gasteiger partial charge >= 0.3 is 5.97 Å². The predicted molar refractivity (Wildman–Crippen MR) is 113 cm³/mol. The van der Waals surface area contributed by atoms with Crippen LogP contribution in [-0.2, 0) is 11.3 Å². The fourth-order valence-electron chi connectivity index (χ4n) is 3.09. The molecular formula is C20H14N4O3S2. The SMILES string of the molecule is Cc1nn(-c2ccccc2)c2sc(C(=O)OCc3nc4ccsc4c(=O)[nH]3)cc12. The van der Waals surface area contributed by atoms with E-state index in [1.54, 1.807) is 17.5 Å². The standard InChI is InChI=1S/C20H14N4O3S2/c1-11-13-9-15(29-19(13)24(23-11)12-5-3-2-4-6-12)20(26)27-10-16-21-14-7-8-28-17(14)18(25)22-16/h2-9H,10H2,1H3,(H,21,22,25). The van der Waals surface area contributed by atoms with E-state index in [9.17, 15) is 9.59 Å². The van der Waals surface area contributed by atoms with Crippen LogP contribution in [-0.4, -0.2) is 25.7 Å². The molecule has 0 bridgehead atoms. The van der Waals surface area contributed by atoms with Crippen molar-refractivity contribution >= 4 is 49.1 Å². The summed E-state index contributed by atoms with van der Waals surface area (Å²) in [5.41, 5.74) is 2.15. The number of aryl methyl sites for hydroxylation is 1. The number of esters is 1. The topological polar surface area (TPSA) is 89.9 Å². The molecule has 4 heterocycles. The van der Waals surface area contributed by atoms with Crippen LogP contribution in [0.4, 0.5) is 0 Å². The molecule has 0 amide bonds. The Hall–Kier alpha value is -3.30. The van der Waals surface area contributed by atoms with Crippen molar-refractivity contribution in [1.82, 2.24) is 19.7 Å². The van der Waals surface area contributed by atoms with Crippen LogP contribution in [0.25, 0.3) is 26.1 Å². The number of hydrogen-bond donors (Lipinski definition) is 1. The van der Waals surface area contributed by atoms with Crippen LogP contribution >= 0.6 is 22.7 Å². The van der Waals surface area contributed by atoms with Gasteiger partial charge in [-0.1, -0.05) is 18.2 Å². The highest BCUT2D eigenvalue weighted by atomic mass is 32.1. The first-order valence-corrected chi connectivity index (χ1v) is 10.5. The van der Waals surface area contributed by atoms with Crippen LogP contribution in [0.3, 0.4) is 0 Å². The van der Waals surface area contributed by atoms with Crippen LogP contribution in [0.15, 0.2) is 52.6 Å². The summed E-state index contributed by atoms with van der Waals surface area (Å²) in [6, 6.07) is 13.3. The number of ether oxygens (including phenoxy) is 1. The molecule has 0 saturated heterocycles. The van der Waals surface area contributed by atoms with E-state index in [2.05, 4.69) is 15.1 Å². The zero-order valence-electron chi connectivity index (χ0n) is 15.2. The van der Waals surface area contributed by atoms with E-state index in [4.69, 9.17) is 4.74 Å². The van der Waals surface area contributed by atoms with Crippen LogP contribution in [0.1, 0.15) is 21.2 Å². The molecule has 0 radical (unpaired) electrons. The number of thiophene rings is 2. The highest BCUT2D eigenvalue weighted by Gasteiger charge is 2.18. The molecule has 0 atom stereocenters. The van der Waals surface area contributed by atoms with Gasteiger partial charge in [0.2, 0.25) is 0 Å². The van der Waals surface area contributed by atoms with Crippen molar-refractivity contribution in [2.45, 2.75) is 13.5 Å². The average Bonchev–Trinajstić information content (AvgIpc) is 3.43. The molecule has 0 spiro atoms. The molecule has 29 heavy (non-hydrogen) atoms. The molecule has 1 N–H and O–H groups in total. The molecule has 0 saturated carbocycles. The molecule has 0 unspecified atom stereocenters. The summed E-state index contributed by atoms with van der Waals surface area (Å²) in [6.45, 7) is 1.81. The summed E-state index contributed by atoms with van der Waals surface area (Å²) in [5, 5.41) is 7.29. The molecule has 0 aliphatic heterocycles. The Morgan fingerprint density at radius 1 is 1.24 bits per heavy atom. The van der Waals surface area contributed by atoms with Gasteiger partial charge in [0.25, 0.3) is 5.56 Å². The largest absolute Gasteiger partial charge is 0.453 e. The summed E-state index contributed by atoms with van der Waals surface area (Å²) in [6.07, 6.45) is 0. The summed E-state index contributed by atoms with van der Waals surface area (Å²) in [7, 11) is 0. The van der Waals surface area contributed by atoms with E-state index in [0.29, 0.717) is 20.9 Å². The molecule has 144 valence electrons. The van der Waals surface area contributed by atoms with Gasteiger partial charge in [-0.15, -0.1) is 22.7 Å². The molecule has 0 aliphatic rings. The second-order valence-electron chi connectivity index (χ2n) is 6.39. The predicted octanol–water partition coefficient (Wildman–Crippen LogP) is 4.05. The van der Waals surface area contributed by atoms with E-state index in [1.165, 1.54) is 22.7 Å².